The Balaban J connectivity index is 1.85. The normalized spacial score (nSPS) is 11.2. The van der Waals surface area contributed by atoms with Crippen molar-refractivity contribution in [1.29, 1.82) is 0 Å². The molecule has 2 aromatic heterocycles. The second kappa shape index (κ2) is 6.43. The van der Waals surface area contributed by atoms with Gasteiger partial charge in [-0.05, 0) is 25.5 Å². The third-order valence-electron chi connectivity index (χ3n) is 2.73. The number of nitrogens with zero attached hydrogens (tertiary/aromatic N) is 1. The van der Waals surface area contributed by atoms with Crippen molar-refractivity contribution in [2.24, 2.45) is 5.92 Å². The molecule has 0 radical (unpaired) electrons. The van der Waals surface area contributed by atoms with Gasteiger partial charge in [-0.3, -0.25) is 5.10 Å². The molecule has 0 aromatic carbocycles. The van der Waals surface area contributed by atoms with Crippen molar-refractivity contribution in [3.05, 3.63) is 35.4 Å². The van der Waals surface area contributed by atoms with Crippen LogP contribution in [0.25, 0.3) is 0 Å². The summed E-state index contributed by atoms with van der Waals surface area (Å²) in [5, 5.41) is 10.2. The quantitative estimate of drug-likeness (QED) is 0.806. The van der Waals surface area contributed by atoms with Gasteiger partial charge in [-0.2, -0.15) is 0 Å². The highest BCUT2D eigenvalue weighted by Gasteiger charge is 2.08. The van der Waals surface area contributed by atoms with Crippen molar-refractivity contribution in [1.82, 2.24) is 15.5 Å². The van der Waals surface area contributed by atoms with Crippen LogP contribution in [-0.2, 0) is 13.2 Å². The zero-order valence-electron chi connectivity index (χ0n) is 11.7. The molecular formula is C14H21N3O2. The molecule has 0 bridgehead atoms. The second-order valence-corrected chi connectivity index (χ2v) is 5.07. The minimum Gasteiger partial charge on any atom is -0.472 e. The van der Waals surface area contributed by atoms with E-state index in [1.54, 1.807) is 6.26 Å². The standard InChI is InChI=1S/C14H21N3O2/c1-10(2)7-15-8-13-12(4-5-18-13)9-19-14-6-11(3)16-17-14/h4-6,10,15H,7-9H2,1-3H3,(H,16,17). The van der Waals surface area contributed by atoms with Gasteiger partial charge >= 0.3 is 0 Å². The number of aryl methyl sites for hydroxylation is 1. The number of furan rings is 1. The van der Waals surface area contributed by atoms with Crippen LogP contribution in [0, 0.1) is 12.8 Å². The van der Waals surface area contributed by atoms with Crippen LogP contribution in [-0.4, -0.2) is 16.7 Å². The molecule has 5 nitrogen and oxygen atoms in total. The molecule has 5 heteroatoms. The molecule has 0 spiro atoms. The molecule has 0 saturated heterocycles. The van der Waals surface area contributed by atoms with Gasteiger partial charge in [0.2, 0.25) is 5.88 Å². The Bertz CT molecular complexity index is 502. The summed E-state index contributed by atoms with van der Waals surface area (Å²) in [5.74, 6) is 2.16. The number of hydrogen-bond donors (Lipinski definition) is 2. The predicted molar refractivity (Wildman–Crippen MR) is 72.9 cm³/mol. The first-order valence-corrected chi connectivity index (χ1v) is 6.56. The number of H-pyrrole nitrogens is 1. The maximum absolute atomic E-state index is 5.61. The van der Waals surface area contributed by atoms with E-state index in [1.807, 2.05) is 19.1 Å². The number of aromatic amines is 1. The van der Waals surface area contributed by atoms with Crippen molar-refractivity contribution in [3.8, 4) is 5.88 Å². The first kappa shape index (κ1) is 13.7. The lowest BCUT2D eigenvalue weighted by molar-refractivity contribution is 0.289. The largest absolute Gasteiger partial charge is 0.472 e. The Morgan fingerprint density at radius 2 is 2.32 bits per heavy atom. The van der Waals surface area contributed by atoms with Crippen LogP contribution in [0.4, 0.5) is 0 Å². The fourth-order valence-corrected chi connectivity index (χ4v) is 1.74. The van der Waals surface area contributed by atoms with Gasteiger partial charge in [0.1, 0.15) is 12.4 Å². The second-order valence-electron chi connectivity index (χ2n) is 5.07. The number of ether oxygens (including phenoxy) is 1. The third kappa shape index (κ3) is 4.13. The Morgan fingerprint density at radius 1 is 1.47 bits per heavy atom. The van der Waals surface area contributed by atoms with E-state index in [2.05, 4.69) is 29.4 Å². The van der Waals surface area contributed by atoms with Crippen molar-refractivity contribution in [2.45, 2.75) is 33.9 Å². The molecule has 0 atom stereocenters. The number of rotatable bonds is 7. The van der Waals surface area contributed by atoms with Gasteiger partial charge in [-0.1, -0.05) is 13.8 Å². The lowest BCUT2D eigenvalue weighted by Crippen LogP contribution is -2.19. The van der Waals surface area contributed by atoms with E-state index >= 15 is 0 Å². The van der Waals surface area contributed by atoms with Gasteiger partial charge in [-0.25, -0.2) is 0 Å². The summed E-state index contributed by atoms with van der Waals surface area (Å²) >= 11 is 0. The highest BCUT2D eigenvalue weighted by Crippen LogP contribution is 2.14. The summed E-state index contributed by atoms with van der Waals surface area (Å²) in [6.07, 6.45) is 1.70. The molecule has 0 aliphatic rings. The number of hydrogen-bond acceptors (Lipinski definition) is 4. The molecule has 0 aliphatic carbocycles. The molecule has 19 heavy (non-hydrogen) atoms. The molecular weight excluding hydrogens is 242 g/mol. The fourth-order valence-electron chi connectivity index (χ4n) is 1.74. The van der Waals surface area contributed by atoms with E-state index in [4.69, 9.17) is 9.15 Å². The van der Waals surface area contributed by atoms with E-state index in [0.717, 1.165) is 30.1 Å². The SMILES string of the molecule is Cc1cc(OCc2ccoc2CNCC(C)C)n[nH]1. The number of aromatic nitrogens is 2. The van der Waals surface area contributed by atoms with Gasteiger partial charge in [0.15, 0.2) is 0 Å². The minimum absolute atomic E-state index is 0.472. The van der Waals surface area contributed by atoms with Gasteiger partial charge in [0.05, 0.1) is 12.8 Å². The lowest BCUT2D eigenvalue weighted by atomic mass is 10.2. The molecule has 2 aromatic rings. The Labute approximate surface area is 113 Å². The molecule has 0 unspecified atom stereocenters. The van der Waals surface area contributed by atoms with Crippen LogP contribution in [0.1, 0.15) is 30.9 Å². The molecule has 2 rings (SSSR count). The summed E-state index contributed by atoms with van der Waals surface area (Å²) in [6, 6.07) is 3.81. The molecule has 2 heterocycles. The zero-order valence-corrected chi connectivity index (χ0v) is 11.7. The van der Waals surface area contributed by atoms with E-state index < -0.39 is 0 Å². The summed E-state index contributed by atoms with van der Waals surface area (Å²) in [5.41, 5.74) is 2.04. The molecule has 104 valence electrons. The van der Waals surface area contributed by atoms with Gasteiger partial charge in [0, 0.05) is 17.3 Å². The zero-order chi connectivity index (χ0) is 13.7. The maximum Gasteiger partial charge on any atom is 0.233 e. The Kier molecular flexibility index (Phi) is 4.63. The topological polar surface area (TPSA) is 63.1 Å². The van der Waals surface area contributed by atoms with Gasteiger partial charge in [-0.15, -0.1) is 5.10 Å². The van der Waals surface area contributed by atoms with E-state index in [1.165, 1.54) is 0 Å². The van der Waals surface area contributed by atoms with Gasteiger partial charge < -0.3 is 14.5 Å². The fraction of sp³-hybridized carbons (Fsp3) is 0.500. The van der Waals surface area contributed by atoms with Crippen molar-refractivity contribution >= 4 is 0 Å². The van der Waals surface area contributed by atoms with Crippen LogP contribution < -0.4 is 10.1 Å². The van der Waals surface area contributed by atoms with Crippen LogP contribution in [0.5, 0.6) is 5.88 Å². The molecule has 0 fully saturated rings. The summed E-state index contributed by atoms with van der Waals surface area (Å²) in [6.45, 7) is 8.47. The summed E-state index contributed by atoms with van der Waals surface area (Å²) in [4.78, 5) is 0. The average molecular weight is 263 g/mol. The Morgan fingerprint density at radius 3 is 3.00 bits per heavy atom. The first-order valence-electron chi connectivity index (χ1n) is 6.56. The molecule has 0 amide bonds. The van der Waals surface area contributed by atoms with E-state index in [9.17, 15) is 0 Å². The van der Waals surface area contributed by atoms with Crippen LogP contribution in [0.2, 0.25) is 0 Å². The van der Waals surface area contributed by atoms with Crippen LogP contribution in [0.15, 0.2) is 22.8 Å². The van der Waals surface area contributed by atoms with E-state index in [0.29, 0.717) is 18.4 Å². The Hall–Kier alpha value is -1.75. The van der Waals surface area contributed by atoms with Crippen molar-refractivity contribution < 1.29 is 9.15 Å². The summed E-state index contributed by atoms with van der Waals surface area (Å²) in [7, 11) is 0. The minimum atomic E-state index is 0.472. The van der Waals surface area contributed by atoms with Crippen LogP contribution in [0.3, 0.4) is 0 Å². The van der Waals surface area contributed by atoms with E-state index in [-0.39, 0.29) is 0 Å². The average Bonchev–Trinajstić information content (AvgIpc) is 2.95. The van der Waals surface area contributed by atoms with Gasteiger partial charge in [0.25, 0.3) is 0 Å². The van der Waals surface area contributed by atoms with Crippen molar-refractivity contribution in [2.75, 3.05) is 6.54 Å². The third-order valence-corrected chi connectivity index (χ3v) is 2.73. The molecule has 2 N–H and O–H groups in total. The first-order chi connectivity index (χ1) is 9.15. The van der Waals surface area contributed by atoms with Crippen molar-refractivity contribution in [3.63, 3.8) is 0 Å². The lowest BCUT2D eigenvalue weighted by Gasteiger charge is -2.07. The summed E-state index contributed by atoms with van der Waals surface area (Å²) < 4.78 is 11.1. The molecule has 0 saturated carbocycles. The van der Waals surface area contributed by atoms with Crippen LogP contribution >= 0.6 is 0 Å². The smallest absolute Gasteiger partial charge is 0.233 e. The number of nitrogens with one attached hydrogen (secondary N) is 2. The monoisotopic (exact) mass is 263 g/mol. The maximum atomic E-state index is 5.61. The predicted octanol–water partition coefficient (Wildman–Crippen LogP) is 2.64. The highest BCUT2D eigenvalue weighted by atomic mass is 16.5. The molecule has 0 aliphatic heterocycles. The highest BCUT2D eigenvalue weighted by molar-refractivity contribution is 5.18.